The zero-order chi connectivity index (χ0) is 8.55. The third-order valence-electron chi connectivity index (χ3n) is 2.10. The first-order valence-corrected chi connectivity index (χ1v) is 6.09. The Bertz CT molecular complexity index is 295. The Kier molecular flexibility index (Phi) is 2.46. The van der Waals surface area contributed by atoms with Crippen molar-refractivity contribution in [3.63, 3.8) is 0 Å². The molecular weight excluding hydrogens is 236 g/mol. The van der Waals surface area contributed by atoms with Gasteiger partial charge in [-0.15, -0.1) is 0 Å². The summed E-state index contributed by atoms with van der Waals surface area (Å²) in [4.78, 5) is 0. The monoisotopic (exact) mass is 246 g/mol. The van der Waals surface area contributed by atoms with Gasteiger partial charge in [0, 0.05) is 17.9 Å². The van der Waals surface area contributed by atoms with Crippen molar-refractivity contribution in [2.45, 2.75) is 25.6 Å². The average molecular weight is 247 g/mol. The van der Waals surface area contributed by atoms with Crippen LogP contribution in [0.1, 0.15) is 18.2 Å². The molecule has 0 N–H and O–H groups in total. The number of fused-ring (bicyclic) bond motifs is 1. The number of thioether (sulfide) groups is 1. The van der Waals surface area contributed by atoms with Crippen molar-refractivity contribution in [1.82, 2.24) is 9.78 Å². The van der Waals surface area contributed by atoms with Crippen LogP contribution in [0.5, 0.6) is 0 Å². The van der Waals surface area contributed by atoms with Crippen LogP contribution in [0.4, 0.5) is 0 Å². The Balaban J connectivity index is 2.44. The molecular formula is C8H11BrN2S. The van der Waals surface area contributed by atoms with Crippen LogP contribution in [0.25, 0.3) is 0 Å². The lowest BCUT2D eigenvalue weighted by Gasteiger charge is -2.07. The van der Waals surface area contributed by atoms with Crippen molar-refractivity contribution >= 4 is 27.7 Å². The van der Waals surface area contributed by atoms with Crippen LogP contribution in [0.2, 0.25) is 0 Å². The second kappa shape index (κ2) is 3.42. The zero-order valence-electron chi connectivity index (χ0n) is 7.01. The highest BCUT2D eigenvalue weighted by Gasteiger charge is 2.17. The molecule has 1 aliphatic rings. The van der Waals surface area contributed by atoms with E-state index in [1.807, 2.05) is 16.4 Å². The van der Waals surface area contributed by atoms with Gasteiger partial charge in [-0.2, -0.15) is 16.9 Å². The van der Waals surface area contributed by atoms with E-state index in [2.05, 4.69) is 28.0 Å². The molecule has 0 atom stereocenters. The number of aromatic nitrogens is 2. The minimum Gasteiger partial charge on any atom is -0.258 e. The van der Waals surface area contributed by atoms with Crippen LogP contribution < -0.4 is 0 Å². The van der Waals surface area contributed by atoms with E-state index in [0.717, 1.165) is 12.3 Å². The molecule has 12 heavy (non-hydrogen) atoms. The molecule has 0 aliphatic carbocycles. The predicted octanol–water partition coefficient (Wildman–Crippen LogP) is 2.45. The molecule has 1 aromatic rings. The van der Waals surface area contributed by atoms with E-state index >= 15 is 0 Å². The fourth-order valence-corrected chi connectivity index (χ4v) is 3.12. The van der Waals surface area contributed by atoms with Crippen molar-refractivity contribution in [2.24, 2.45) is 0 Å². The number of nitrogens with zero attached hydrogens (tertiary/aromatic N) is 2. The molecule has 66 valence electrons. The van der Waals surface area contributed by atoms with Gasteiger partial charge in [-0.1, -0.05) is 0 Å². The van der Waals surface area contributed by atoms with Crippen LogP contribution in [0, 0.1) is 0 Å². The number of hydrogen-bond acceptors (Lipinski definition) is 2. The third kappa shape index (κ3) is 1.31. The summed E-state index contributed by atoms with van der Waals surface area (Å²) in [6, 6.07) is 0. The van der Waals surface area contributed by atoms with Gasteiger partial charge in [0.1, 0.15) is 4.60 Å². The first-order chi connectivity index (χ1) is 5.83. The lowest BCUT2D eigenvalue weighted by molar-refractivity contribution is 0.638. The maximum absolute atomic E-state index is 4.52. The summed E-state index contributed by atoms with van der Waals surface area (Å²) < 4.78 is 3.23. The Morgan fingerprint density at radius 2 is 2.50 bits per heavy atom. The van der Waals surface area contributed by atoms with Crippen LogP contribution in [-0.4, -0.2) is 15.5 Å². The first-order valence-electron chi connectivity index (χ1n) is 4.14. The molecule has 0 radical (unpaired) electrons. The van der Waals surface area contributed by atoms with E-state index < -0.39 is 0 Å². The van der Waals surface area contributed by atoms with Gasteiger partial charge in [-0.05, 0) is 35.0 Å². The molecule has 4 heteroatoms. The summed E-state index contributed by atoms with van der Waals surface area (Å²) in [5.74, 6) is 2.32. The van der Waals surface area contributed by atoms with E-state index in [4.69, 9.17) is 0 Å². The minimum atomic E-state index is 0.957. The van der Waals surface area contributed by atoms with Gasteiger partial charge in [-0.3, -0.25) is 4.68 Å². The molecule has 0 spiro atoms. The van der Waals surface area contributed by atoms with Crippen molar-refractivity contribution in [1.29, 1.82) is 0 Å². The van der Waals surface area contributed by atoms with Crippen LogP contribution in [-0.2, 0) is 18.7 Å². The molecule has 1 aliphatic heterocycles. The lowest BCUT2D eigenvalue weighted by atomic mass is 10.2. The summed E-state index contributed by atoms with van der Waals surface area (Å²) in [5.41, 5.74) is 2.70. The number of aryl methyl sites for hydroxylation is 1. The molecule has 0 aromatic carbocycles. The topological polar surface area (TPSA) is 17.8 Å². The summed E-state index contributed by atoms with van der Waals surface area (Å²) in [7, 11) is 0. The molecule has 0 saturated heterocycles. The van der Waals surface area contributed by atoms with E-state index in [0.29, 0.717) is 0 Å². The molecule has 0 fully saturated rings. The second-order valence-corrected chi connectivity index (χ2v) is 4.69. The predicted molar refractivity (Wildman–Crippen MR) is 55.5 cm³/mol. The van der Waals surface area contributed by atoms with Crippen molar-refractivity contribution in [3.8, 4) is 0 Å². The van der Waals surface area contributed by atoms with Crippen molar-refractivity contribution in [2.75, 3.05) is 5.75 Å². The van der Waals surface area contributed by atoms with Gasteiger partial charge < -0.3 is 0 Å². The first kappa shape index (κ1) is 8.63. The standard InChI is InChI=1S/C8H11BrN2S/c1-2-11-8(9)6-3-4-12-5-7(6)10-11/h2-5H2,1H3. The zero-order valence-corrected chi connectivity index (χ0v) is 9.41. The van der Waals surface area contributed by atoms with Gasteiger partial charge in [-0.25, -0.2) is 0 Å². The second-order valence-electron chi connectivity index (χ2n) is 2.83. The fraction of sp³-hybridized carbons (Fsp3) is 0.625. The Labute approximate surface area is 84.8 Å². The summed E-state index contributed by atoms with van der Waals surface area (Å²) in [5, 5.41) is 4.52. The van der Waals surface area contributed by atoms with Crippen LogP contribution in [0.15, 0.2) is 4.60 Å². The average Bonchev–Trinajstić information content (AvgIpc) is 2.44. The highest BCUT2D eigenvalue weighted by molar-refractivity contribution is 9.10. The van der Waals surface area contributed by atoms with Crippen molar-refractivity contribution < 1.29 is 0 Å². The SMILES string of the molecule is CCn1nc2c(c1Br)CCSC2. The van der Waals surface area contributed by atoms with Gasteiger partial charge >= 0.3 is 0 Å². The largest absolute Gasteiger partial charge is 0.258 e. The van der Waals surface area contributed by atoms with Gasteiger partial charge in [0.05, 0.1) is 5.69 Å². The molecule has 2 rings (SSSR count). The van der Waals surface area contributed by atoms with E-state index in [1.54, 1.807) is 0 Å². The molecule has 0 amide bonds. The summed E-state index contributed by atoms with van der Waals surface area (Å²) in [6.07, 6.45) is 1.17. The molecule has 0 saturated carbocycles. The number of hydrogen-bond donors (Lipinski definition) is 0. The van der Waals surface area contributed by atoms with E-state index in [9.17, 15) is 0 Å². The van der Waals surface area contributed by atoms with Gasteiger partial charge in [0.25, 0.3) is 0 Å². The Morgan fingerprint density at radius 3 is 3.17 bits per heavy atom. The quantitative estimate of drug-likeness (QED) is 0.758. The maximum atomic E-state index is 4.52. The summed E-state index contributed by atoms with van der Waals surface area (Å²) >= 11 is 5.56. The van der Waals surface area contributed by atoms with Crippen LogP contribution in [0.3, 0.4) is 0 Å². The minimum absolute atomic E-state index is 0.957. The van der Waals surface area contributed by atoms with E-state index in [1.165, 1.54) is 28.0 Å². The highest BCUT2D eigenvalue weighted by atomic mass is 79.9. The maximum Gasteiger partial charge on any atom is 0.107 e. The lowest BCUT2D eigenvalue weighted by Crippen LogP contribution is -1.99. The molecule has 0 unspecified atom stereocenters. The van der Waals surface area contributed by atoms with Gasteiger partial charge in [0.15, 0.2) is 0 Å². The fourth-order valence-electron chi connectivity index (χ4n) is 1.44. The Morgan fingerprint density at radius 1 is 1.67 bits per heavy atom. The molecule has 1 aromatic heterocycles. The van der Waals surface area contributed by atoms with Crippen molar-refractivity contribution in [3.05, 3.63) is 15.9 Å². The molecule has 2 heterocycles. The normalized spacial score (nSPS) is 16.2. The smallest absolute Gasteiger partial charge is 0.107 e. The number of rotatable bonds is 1. The summed E-state index contributed by atoms with van der Waals surface area (Å²) in [6.45, 7) is 3.08. The van der Waals surface area contributed by atoms with E-state index in [-0.39, 0.29) is 0 Å². The van der Waals surface area contributed by atoms with Gasteiger partial charge in [0.2, 0.25) is 0 Å². The molecule has 0 bridgehead atoms. The molecule has 2 nitrogen and oxygen atoms in total. The van der Waals surface area contributed by atoms with Crippen LogP contribution >= 0.6 is 27.7 Å². The Hall–Kier alpha value is 0.0400. The third-order valence-corrected chi connectivity index (χ3v) is 3.96. The number of halogens is 1. The highest BCUT2D eigenvalue weighted by Crippen LogP contribution is 2.29.